The highest BCUT2D eigenvalue weighted by atomic mass is 16.5. The van der Waals surface area contributed by atoms with E-state index in [-0.39, 0.29) is 12.1 Å². The molecule has 4 heteroatoms. The first-order chi connectivity index (χ1) is 7.72. The summed E-state index contributed by atoms with van der Waals surface area (Å²) in [6, 6.07) is 7.82. The van der Waals surface area contributed by atoms with Crippen molar-refractivity contribution in [2.45, 2.75) is 13.1 Å². The Bertz CT molecular complexity index is 375. The predicted molar refractivity (Wildman–Crippen MR) is 61.1 cm³/mol. The van der Waals surface area contributed by atoms with Crippen molar-refractivity contribution in [3.8, 4) is 5.75 Å². The van der Waals surface area contributed by atoms with Gasteiger partial charge in [-0.2, -0.15) is 0 Å². The molecule has 1 unspecified atom stereocenters. The molecular weight excluding hydrogens is 204 g/mol. The zero-order valence-electron chi connectivity index (χ0n) is 9.56. The summed E-state index contributed by atoms with van der Waals surface area (Å²) in [5, 5.41) is 3.16. The van der Waals surface area contributed by atoms with Crippen molar-refractivity contribution < 1.29 is 9.53 Å². The third kappa shape index (κ3) is 2.02. The number of ether oxygens (including phenoxy) is 1. The number of rotatable bonds is 3. The highest BCUT2D eigenvalue weighted by Gasteiger charge is 2.27. The van der Waals surface area contributed by atoms with E-state index in [1.54, 1.807) is 4.90 Å². The summed E-state index contributed by atoms with van der Waals surface area (Å²) in [5.41, 5.74) is 1.08. The standard InChI is InChI=1S/C12H16N2O2/c1-3-16-10-6-4-9(5-7-10)12-13-8-11(15)14(12)2/h4-7,12-13H,3,8H2,1-2H3. The molecule has 1 N–H and O–H groups in total. The maximum Gasteiger partial charge on any atom is 0.237 e. The quantitative estimate of drug-likeness (QED) is 0.830. The zero-order chi connectivity index (χ0) is 11.5. The Hall–Kier alpha value is -1.55. The number of benzene rings is 1. The van der Waals surface area contributed by atoms with Gasteiger partial charge in [0.05, 0.1) is 13.2 Å². The van der Waals surface area contributed by atoms with Crippen LogP contribution in [0.15, 0.2) is 24.3 Å². The van der Waals surface area contributed by atoms with Crippen molar-refractivity contribution in [2.24, 2.45) is 0 Å². The largest absolute Gasteiger partial charge is 0.494 e. The first-order valence-corrected chi connectivity index (χ1v) is 5.44. The normalized spacial score (nSPS) is 20.2. The molecular formula is C12H16N2O2. The molecule has 16 heavy (non-hydrogen) atoms. The minimum Gasteiger partial charge on any atom is -0.494 e. The molecule has 0 aliphatic carbocycles. The molecule has 0 spiro atoms. The third-order valence-electron chi connectivity index (χ3n) is 2.73. The van der Waals surface area contributed by atoms with Crippen molar-refractivity contribution in [3.63, 3.8) is 0 Å². The minimum atomic E-state index is -0.0109. The lowest BCUT2D eigenvalue weighted by Gasteiger charge is -2.19. The maximum absolute atomic E-state index is 11.4. The summed E-state index contributed by atoms with van der Waals surface area (Å²) in [6.45, 7) is 3.03. The molecule has 1 aliphatic heterocycles. The van der Waals surface area contributed by atoms with Crippen LogP contribution in [0.1, 0.15) is 18.7 Å². The van der Waals surface area contributed by atoms with Gasteiger partial charge < -0.3 is 9.64 Å². The van der Waals surface area contributed by atoms with Gasteiger partial charge in [0.2, 0.25) is 5.91 Å². The van der Waals surface area contributed by atoms with Crippen LogP contribution in [0.3, 0.4) is 0 Å². The Morgan fingerprint density at radius 3 is 2.62 bits per heavy atom. The van der Waals surface area contributed by atoms with Gasteiger partial charge in [-0.15, -0.1) is 0 Å². The second kappa shape index (κ2) is 4.53. The van der Waals surface area contributed by atoms with E-state index in [1.165, 1.54) is 0 Å². The summed E-state index contributed by atoms with van der Waals surface area (Å²) >= 11 is 0. The van der Waals surface area contributed by atoms with E-state index in [4.69, 9.17) is 4.74 Å². The van der Waals surface area contributed by atoms with Crippen molar-refractivity contribution >= 4 is 5.91 Å². The summed E-state index contributed by atoms with van der Waals surface area (Å²) < 4.78 is 5.37. The van der Waals surface area contributed by atoms with E-state index >= 15 is 0 Å². The molecule has 0 bridgehead atoms. The SMILES string of the molecule is CCOc1ccc(C2NCC(=O)N2C)cc1. The molecule has 1 aromatic rings. The number of likely N-dealkylation sites (N-methyl/N-ethyl adjacent to an activating group) is 1. The number of nitrogens with zero attached hydrogens (tertiary/aromatic N) is 1. The molecule has 1 aliphatic rings. The van der Waals surface area contributed by atoms with Crippen LogP contribution in [0.5, 0.6) is 5.75 Å². The van der Waals surface area contributed by atoms with Crippen LogP contribution in [0.2, 0.25) is 0 Å². The lowest BCUT2D eigenvalue weighted by atomic mass is 10.1. The zero-order valence-corrected chi connectivity index (χ0v) is 9.56. The van der Waals surface area contributed by atoms with Crippen LogP contribution in [0.25, 0.3) is 0 Å². The van der Waals surface area contributed by atoms with Gasteiger partial charge in [-0.05, 0) is 24.6 Å². The van der Waals surface area contributed by atoms with Crippen LogP contribution in [-0.4, -0.2) is 31.0 Å². The minimum absolute atomic E-state index is 0.0109. The smallest absolute Gasteiger partial charge is 0.237 e. The monoisotopic (exact) mass is 220 g/mol. The third-order valence-corrected chi connectivity index (χ3v) is 2.73. The van der Waals surface area contributed by atoms with Gasteiger partial charge in [0.1, 0.15) is 11.9 Å². The Morgan fingerprint density at radius 1 is 1.44 bits per heavy atom. The molecule has 1 fully saturated rings. The summed E-state index contributed by atoms with van der Waals surface area (Å²) in [5.74, 6) is 0.983. The fourth-order valence-electron chi connectivity index (χ4n) is 1.84. The van der Waals surface area contributed by atoms with Crippen molar-refractivity contribution in [1.82, 2.24) is 10.2 Å². The lowest BCUT2D eigenvalue weighted by molar-refractivity contribution is -0.126. The van der Waals surface area contributed by atoms with E-state index in [0.717, 1.165) is 11.3 Å². The molecule has 1 atom stereocenters. The molecule has 1 aromatic carbocycles. The number of nitrogens with one attached hydrogen (secondary N) is 1. The number of hydrogen-bond donors (Lipinski definition) is 1. The van der Waals surface area contributed by atoms with Gasteiger partial charge in [0.15, 0.2) is 0 Å². The molecule has 0 aromatic heterocycles. The summed E-state index contributed by atoms with van der Waals surface area (Å²) in [6.07, 6.45) is -0.0109. The average molecular weight is 220 g/mol. The summed E-state index contributed by atoms with van der Waals surface area (Å²) in [4.78, 5) is 13.1. The van der Waals surface area contributed by atoms with E-state index in [1.807, 2.05) is 38.2 Å². The summed E-state index contributed by atoms with van der Waals surface area (Å²) in [7, 11) is 1.81. The Balaban J connectivity index is 2.13. The van der Waals surface area contributed by atoms with Crippen LogP contribution < -0.4 is 10.1 Å². The van der Waals surface area contributed by atoms with E-state index < -0.39 is 0 Å². The molecule has 0 radical (unpaired) electrons. The molecule has 1 heterocycles. The number of carbonyl (C=O) groups is 1. The number of carbonyl (C=O) groups excluding carboxylic acids is 1. The first kappa shape index (κ1) is 11.0. The van der Waals surface area contributed by atoms with Crippen LogP contribution in [-0.2, 0) is 4.79 Å². The Labute approximate surface area is 95.2 Å². The molecule has 1 amide bonds. The van der Waals surface area contributed by atoms with Gasteiger partial charge in [0.25, 0.3) is 0 Å². The van der Waals surface area contributed by atoms with Crippen molar-refractivity contribution in [1.29, 1.82) is 0 Å². The van der Waals surface area contributed by atoms with E-state index in [9.17, 15) is 4.79 Å². The highest BCUT2D eigenvalue weighted by molar-refractivity contribution is 5.80. The van der Waals surface area contributed by atoms with E-state index in [2.05, 4.69) is 5.32 Å². The predicted octanol–water partition coefficient (Wildman–Crippen LogP) is 1.15. The fourth-order valence-corrected chi connectivity index (χ4v) is 1.84. The second-order valence-corrected chi connectivity index (χ2v) is 3.79. The molecule has 86 valence electrons. The highest BCUT2D eigenvalue weighted by Crippen LogP contribution is 2.22. The van der Waals surface area contributed by atoms with Crippen LogP contribution >= 0.6 is 0 Å². The topological polar surface area (TPSA) is 41.6 Å². The second-order valence-electron chi connectivity index (χ2n) is 3.79. The van der Waals surface area contributed by atoms with Gasteiger partial charge in [-0.1, -0.05) is 12.1 Å². The molecule has 2 rings (SSSR count). The molecule has 0 saturated carbocycles. The fraction of sp³-hybridized carbons (Fsp3) is 0.417. The van der Waals surface area contributed by atoms with E-state index in [0.29, 0.717) is 13.2 Å². The number of hydrogen-bond acceptors (Lipinski definition) is 3. The van der Waals surface area contributed by atoms with Crippen LogP contribution in [0.4, 0.5) is 0 Å². The lowest BCUT2D eigenvalue weighted by Crippen LogP contribution is -2.25. The average Bonchev–Trinajstić information content (AvgIpc) is 2.62. The van der Waals surface area contributed by atoms with Crippen molar-refractivity contribution in [3.05, 3.63) is 29.8 Å². The number of amides is 1. The Morgan fingerprint density at radius 2 is 2.12 bits per heavy atom. The maximum atomic E-state index is 11.4. The van der Waals surface area contributed by atoms with Gasteiger partial charge in [-0.3, -0.25) is 10.1 Å². The molecule has 1 saturated heterocycles. The van der Waals surface area contributed by atoms with Gasteiger partial charge in [0, 0.05) is 7.05 Å². The van der Waals surface area contributed by atoms with Crippen LogP contribution in [0, 0.1) is 0 Å². The van der Waals surface area contributed by atoms with Gasteiger partial charge in [-0.25, -0.2) is 0 Å². The van der Waals surface area contributed by atoms with Gasteiger partial charge >= 0.3 is 0 Å². The molecule has 4 nitrogen and oxygen atoms in total. The Kier molecular flexibility index (Phi) is 3.10. The first-order valence-electron chi connectivity index (χ1n) is 5.44. The van der Waals surface area contributed by atoms with Crippen molar-refractivity contribution in [2.75, 3.05) is 20.2 Å².